The first-order valence-electron chi connectivity index (χ1n) is 6.99. The normalized spacial score (nSPS) is 10.8. The summed E-state index contributed by atoms with van der Waals surface area (Å²) in [6.45, 7) is 0. The average molecular weight is 338 g/mol. The van der Waals surface area contributed by atoms with E-state index in [1.54, 1.807) is 30.5 Å². The van der Waals surface area contributed by atoms with Crippen molar-refractivity contribution < 1.29 is 9.21 Å². The van der Waals surface area contributed by atoms with Crippen molar-refractivity contribution in [1.29, 1.82) is 0 Å². The van der Waals surface area contributed by atoms with E-state index in [1.165, 1.54) is 17.5 Å². The summed E-state index contributed by atoms with van der Waals surface area (Å²) in [7, 11) is 0. The quantitative estimate of drug-likeness (QED) is 0.598. The standard InChI is InChI=1S/C16H10N4O3S/c21-14(10-2-1-5-17-7-10)20-15-18-12(8-24-15)9-3-4-11-13(6-9)23-16(22)19-11/h1-8H,(H,19,22)(H,18,20,21). The van der Waals surface area contributed by atoms with Crippen LogP contribution in [0.3, 0.4) is 0 Å². The van der Waals surface area contributed by atoms with Gasteiger partial charge in [-0.15, -0.1) is 11.3 Å². The predicted octanol–water partition coefficient (Wildman–Crippen LogP) is 2.89. The molecule has 2 N–H and O–H groups in total. The summed E-state index contributed by atoms with van der Waals surface area (Å²) in [4.78, 5) is 34.2. The number of fused-ring (bicyclic) bond motifs is 1. The van der Waals surface area contributed by atoms with Gasteiger partial charge in [0.15, 0.2) is 10.7 Å². The lowest BCUT2D eigenvalue weighted by molar-refractivity contribution is 0.102. The van der Waals surface area contributed by atoms with Gasteiger partial charge in [-0.25, -0.2) is 9.78 Å². The van der Waals surface area contributed by atoms with Gasteiger partial charge in [-0.1, -0.05) is 6.07 Å². The molecule has 0 aliphatic heterocycles. The van der Waals surface area contributed by atoms with Gasteiger partial charge in [0.1, 0.15) is 0 Å². The van der Waals surface area contributed by atoms with Crippen LogP contribution in [0, 0.1) is 0 Å². The van der Waals surface area contributed by atoms with Gasteiger partial charge in [0.25, 0.3) is 5.91 Å². The third-order valence-electron chi connectivity index (χ3n) is 3.37. The van der Waals surface area contributed by atoms with Gasteiger partial charge >= 0.3 is 5.76 Å². The van der Waals surface area contributed by atoms with E-state index in [0.717, 1.165) is 5.56 Å². The largest absolute Gasteiger partial charge is 0.417 e. The highest BCUT2D eigenvalue weighted by Crippen LogP contribution is 2.27. The van der Waals surface area contributed by atoms with Crippen molar-refractivity contribution in [1.82, 2.24) is 15.0 Å². The predicted molar refractivity (Wildman–Crippen MR) is 90.1 cm³/mol. The van der Waals surface area contributed by atoms with Crippen LogP contribution in [0.2, 0.25) is 0 Å². The molecule has 8 heteroatoms. The number of aromatic nitrogens is 3. The molecular weight excluding hydrogens is 328 g/mol. The van der Waals surface area contributed by atoms with Crippen molar-refractivity contribution in [3.8, 4) is 11.3 Å². The van der Waals surface area contributed by atoms with Gasteiger partial charge < -0.3 is 4.42 Å². The van der Waals surface area contributed by atoms with Crippen LogP contribution in [0.5, 0.6) is 0 Å². The number of pyridine rings is 1. The highest BCUT2D eigenvalue weighted by molar-refractivity contribution is 7.14. The number of benzene rings is 1. The molecule has 0 spiro atoms. The molecule has 1 aromatic carbocycles. The molecule has 3 heterocycles. The number of amides is 1. The van der Waals surface area contributed by atoms with Crippen LogP contribution in [0.4, 0.5) is 5.13 Å². The zero-order chi connectivity index (χ0) is 16.5. The Balaban J connectivity index is 1.59. The maximum atomic E-state index is 12.1. The van der Waals surface area contributed by atoms with E-state index in [-0.39, 0.29) is 5.91 Å². The van der Waals surface area contributed by atoms with E-state index in [9.17, 15) is 9.59 Å². The summed E-state index contributed by atoms with van der Waals surface area (Å²) >= 11 is 1.31. The fourth-order valence-corrected chi connectivity index (χ4v) is 2.95. The summed E-state index contributed by atoms with van der Waals surface area (Å²) in [5, 5.41) is 5.04. The van der Waals surface area contributed by atoms with E-state index >= 15 is 0 Å². The number of carbonyl (C=O) groups excluding carboxylic acids is 1. The number of hydrogen-bond donors (Lipinski definition) is 2. The number of nitrogens with one attached hydrogen (secondary N) is 2. The summed E-state index contributed by atoms with van der Waals surface area (Å²) in [6.07, 6.45) is 3.10. The maximum Gasteiger partial charge on any atom is 0.417 e. The lowest BCUT2D eigenvalue weighted by atomic mass is 10.1. The van der Waals surface area contributed by atoms with Crippen LogP contribution >= 0.6 is 11.3 Å². The monoisotopic (exact) mass is 338 g/mol. The fraction of sp³-hybridized carbons (Fsp3) is 0. The van der Waals surface area contributed by atoms with E-state index in [4.69, 9.17) is 4.42 Å². The van der Waals surface area contributed by atoms with Crippen molar-refractivity contribution in [2.24, 2.45) is 0 Å². The van der Waals surface area contributed by atoms with Gasteiger partial charge in [-0.2, -0.15) is 0 Å². The Morgan fingerprint density at radius 3 is 3.04 bits per heavy atom. The van der Waals surface area contributed by atoms with E-state index in [0.29, 0.717) is 27.5 Å². The van der Waals surface area contributed by atoms with Crippen molar-refractivity contribution >= 4 is 33.5 Å². The average Bonchev–Trinajstić information content (AvgIpc) is 3.20. The summed E-state index contributed by atoms with van der Waals surface area (Å²) in [6, 6.07) is 8.69. The first-order valence-corrected chi connectivity index (χ1v) is 7.87. The molecule has 4 aromatic rings. The van der Waals surface area contributed by atoms with E-state index in [2.05, 4.69) is 20.3 Å². The van der Waals surface area contributed by atoms with Gasteiger partial charge in [0.05, 0.1) is 16.8 Å². The first kappa shape index (κ1) is 14.3. The Morgan fingerprint density at radius 1 is 1.29 bits per heavy atom. The van der Waals surface area contributed by atoms with E-state index < -0.39 is 5.76 Å². The minimum absolute atomic E-state index is 0.268. The minimum Gasteiger partial charge on any atom is -0.408 e. The van der Waals surface area contributed by atoms with Gasteiger partial charge in [-0.3, -0.25) is 20.1 Å². The number of carbonyl (C=O) groups is 1. The lowest BCUT2D eigenvalue weighted by Crippen LogP contribution is -2.11. The SMILES string of the molecule is O=C(Nc1nc(-c2ccc3[nH]c(=O)oc3c2)cs1)c1cccnc1. The Bertz CT molecular complexity index is 1080. The lowest BCUT2D eigenvalue weighted by Gasteiger charge is -2.00. The van der Waals surface area contributed by atoms with Crippen molar-refractivity contribution in [2.45, 2.75) is 0 Å². The topological polar surface area (TPSA) is 101 Å². The number of hydrogen-bond acceptors (Lipinski definition) is 6. The second-order valence-corrected chi connectivity index (χ2v) is 5.82. The molecule has 0 aliphatic rings. The molecule has 118 valence electrons. The molecule has 3 aromatic heterocycles. The van der Waals surface area contributed by atoms with Crippen LogP contribution in [0.1, 0.15) is 10.4 Å². The van der Waals surface area contributed by atoms with Crippen LogP contribution in [0.25, 0.3) is 22.4 Å². The number of rotatable bonds is 3. The van der Waals surface area contributed by atoms with Crippen molar-refractivity contribution in [3.63, 3.8) is 0 Å². The molecule has 0 atom stereocenters. The third kappa shape index (κ3) is 2.70. The Hall–Kier alpha value is -3.26. The number of nitrogens with zero attached hydrogens (tertiary/aromatic N) is 2. The summed E-state index contributed by atoms with van der Waals surface area (Å²) < 4.78 is 5.05. The molecule has 0 fully saturated rings. The van der Waals surface area contributed by atoms with E-state index in [1.807, 2.05) is 11.4 Å². The molecule has 4 rings (SSSR count). The molecule has 0 saturated carbocycles. The molecule has 24 heavy (non-hydrogen) atoms. The fourth-order valence-electron chi connectivity index (χ4n) is 2.23. The molecule has 0 aliphatic carbocycles. The molecule has 0 radical (unpaired) electrons. The number of oxazole rings is 1. The van der Waals surface area contributed by atoms with Crippen LogP contribution in [-0.2, 0) is 0 Å². The number of H-pyrrole nitrogens is 1. The summed E-state index contributed by atoms with van der Waals surface area (Å²) in [5.74, 6) is -0.763. The zero-order valence-electron chi connectivity index (χ0n) is 12.1. The van der Waals surface area contributed by atoms with Crippen molar-refractivity contribution in [2.75, 3.05) is 5.32 Å². The second-order valence-electron chi connectivity index (χ2n) is 4.96. The first-order chi connectivity index (χ1) is 11.7. The number of anilines is 1. The molecule has 0 saturated heterocycles. The summed E-state index contributed by atoms with van der Waals surface area (Å²) in [5.41, 5.74) is 3.04. The molecule has 1 amide bonds. The zero-order valence-corrected chi connectivity index (χ0v) is 13.0. The third-order valence-corrected chi connectivity index (χ3v) is 4.12. The molecule has 0 bridgehead atoms. The Labute approximate surface area is 139 Å². The van der Waals surface area contributed by atoms with Gasteiger partial charge in [0, 0.05) is 23.3 Å². The highest BCUT2D eigenvalue weighted by Gasteiger charge is 2.11. The number of thiazole rings is 1. The molecule has 7 nitrogen and oxygen atoms in total. The Kier molecular flexibility index (Phi) is 3.43. The van der Waals surface area contributed by atoms with Crippen LogP contribution < -0.4 is 11.1 Å². The number of aromatic amines is 1. The van der Waals surface area contributed by atoms with Gasteiger partial charge in [0.2, 0.25) is 0 Å². The van der Waals surface area contributed by atoms with Crippen molar-refractivity contribution in [3.05, 3.63) is 64.2 Å². The van der Waals surface area contributed by atoms with Gasteiger partial charge in [-0.05, 0) is 24.3 Å². The van der Waals surface area contributed by atoms with Crippen LogP contribution in [0.15, 0.2) is 57.3 Å². The molecular formula is C16H10N4O3S. The van der Waals surface area contributed by atoms with Crippen LogP contribution in [-0.4, -0.2) is 20.9 Å². The Morgan fingerprint density at radius 2 is 2.21 bits per heavy atom. The maximum absolute atomic E-state index is 12.1. The highest BCUT2D eigenvalue weighted by atomic mass is 32.1. The minimum atomic E-state index is -0.496. The smallest absolute Gasteiger partial charge is 0.408 e. The second kappa shape index (κ2) is 5.74. The molecule has 0 unspecified atom stereocenters.